The highest BCUT2D eigenvalue weighted by atomic mass is 15.3. The van der Waals surface area contributed by atoms with Crippen LogP contribution in [0.1, 0.15) is 25.5 Å². The lowest BCUT2D eigenvalue weighted by Crippen LogP contribution is -2.31. The molecular formula is C15H21N5. The van der Waals surface area contributed by atoms with Crippen LogP contribution in [0.25, 0.3) is 11.4 Å². The molecule has 5 nitrogen and oxygen atoms in total. The molecule has 5 heteroatoms. The van der Waals surface area contributed by atoms with E-state index >= 15 is 0 Å². The largest absolute Gasteiger partial charge is 0.316 e. The smallest absolute Gasteiger partial charge is 0.116 e. The molecule has 3 heterocycles. The summed E-state index contributed by atoms with van der Waals surface area (Å²) in [6.45, 7) is 5.20. The number of rotatable bonds is 4. The minimum absolute atomic E-state index is 0.697. The van der Waals surface area contributed by atoms with Crippen LogP contribution in [0.2, 0.25) is 0 Å². The summed E-state index contributed by atoms with van der Waals surface area (Å²) in [7, 11) is 0. The van der Waals surface area contributed by atoms with E-state index in [1.54, 1.807) is 6.33 Å². The Kier molecular flexibility index (Phi) is 4.06. The van der Waals surface area contributed by atoms with Gasteiger partial charge >= 0.3 is 0 Å². The van der Waals surface area contributed by atoms with E-state index in [1.165, 1.54) is 12.8 Å². The third kappa shape index (κ3) is 2.88. The molecule has 0 bridgehead atoms. The predicted octanol–water partition coefficient (Wildman–Crippen LogP) is 1.90. The second-order valence-electron chi connectivity index (χ2n) is 5.34. The van der Waals surface area contributed by atoms with Gasteiger partial charge in [-0.25, -0.2) is 9.97 Å². The van der Waals surface area contributed by atoms with Crippen LogP contribution >= 0.6 is 0 Å². The SMILES string of the molecule is CCn1nccc1-c1cc(CC2CCCNC2)ncn1. The van der Waals surface area contributed by atoms with E-state index in [2.05, 4.69) is 33.4 Å². The van der Waals surface area contributed by atoms with Gasteiger partial charge in [0, 0.05) is 18.4 Å². The Hall–Kier alpha value is -1.75. The Morgan fingerprint density at radius 1 is 1.40 bits per heavy atom. The van der Waals surface area contributed by atoms with E-state index in [4.69, 9.17) is 0 Å². The molecule has 1 fully saturated rings. The molecular weight excluding hydrogens is 250 g/mol. The minimum atomic E-state index is 0.697. The Balaban J connectivity index is 1.78. The summed E-state index contributed by atoms with van der Waals surface area (Å²) < 4.78 is 1.97. The first-order valence-corrected chi connectivity index (χ1v) is 7.40. The van der Waals surface area contributed by atoms with Crippen LogP contribution in [0, 0.1) is 5.92 Å². The normalized spacial score (nSPS) is 19.1. The molecule has 2 aromatic rings. The van der Waals surface area contributed by atoms with Crippen LogP contribution < -0.4 is 5.32 Å². The Labute approximate surface area is 119 Å². The van der Waals surface area contributed by atoms with Crippen molar-refractivity contribution in [3.63, 3.8) is 0 Å². The topological polar surface area (TPSA) is 55.6 Å². The zero-order chi connectivity index (χ0) is 13.8. The number of nitrogens with zero attached hydrogens (tertiary/aromatic N) is 4. The molecule has 0 aliphatic carbocycles. The summed E-state index contributed by atoms with van der Waals surface area (Å²) in [6, 6.07) is 4.12. The summed E-state index contributed by atoms with van der Waals surface area (Å²) in [5.74, 6) is 0.697. The standard InChI is InChI=1S/C15H21N5/c1-2-20-15(5-7-19-20)14-9-13(17-11-18-14)8-12-4-3-6-16-10-12/h5,7,9,11-12,16H,2-4,6,8,10H2,1H3. The highest BCUT2D eigenvalue weighted by molar-refractivity contribution is 5.54. The van der Waals surface area contributed by atoms with E-state index in [-0.39, 0.29) is 0 Å². The van der Waals surface area contributed by atoms with Gasteiger partial charge in [0.25, 0.3) is 0 Å². The van der Waals surface area contributed by atoms with Crippen LogP contribution in [0.5, 0.6) is 0 Å². The summed E-state index contributed by atoms with van der Waals surface area (Å²) in [6.07, 6.45) is 7.09. The van der Waals surface area contributed by atoms with Gasteiger partial charge in [0.15, 0.2) is 0 Å². The summed E-state index contributed by atoms with van der Waals surface area (Å²) in [5.41, 5.74) is 3.17. The fraction of sp³-hybridized carbons (Fsp3) is 0.533. The Morgan fingerprint density at radius 2 is 2.35 bits per heavy atom. The first kappa shape index (κ1) is 13.2. The molecule has 20 heavy (non-hydrogen) atoms. The van der Waals surface area contributed by atoms with Crippen molar-refractivity contribution in [2.75, 3.05) is 13.1 Å². The van der Waals surface area contributed by atoms with Crippen molar-refractivity contribution in [2.45, 2.75) is 32.7 Å². The van der Waals surface area contributed by atoms with Gasteiger partial charge in [0.2, 0.25) is 0 Å². The number of hydrogen-bond acceptors (Lipinski definition) is 4. The average molecular weight is 271 g/mol. The van der Waals surface area contributed by atoms with Gasteiger partial charge in [-0.3, -0.25) is 4.68 Å². The average Bonchev–Trinajstić information content (AvgIpc) is 2.97. The molecule has 1 atom stereocenters. The highest BCUT2D eigenvalue weighted by Crippen LogP contribution is 2.20. The van der Waals surface area contributed by atoms with Gasteiger partial charge in [-0.15, -0.1) is 0 Å². The third-order valence-electron chi connectivity index (χ3n) is 3.90. The van der Waals surface area contributed by atoms with E-state index < -0.39 is 0 Å². The highest BCUT2D eigenvalue weighted by Gasteiger charge is 2.15. The minimum Gasteiger partial charge on any atom is -0.316 e. The Bertz CT molecular complexity index is 557. The van der Waals surface area contributed by atoms with Gasteiger partial charge in [-0.2, -0.15) is 5.10 Å². The molecule has 106 valence electrons. The first-order valence-electron chi connectivity index (χ1n) is 7.40. The van der Waals surface area contributed by atoms with E-state index in [9.17, 15) is 0 Å². The number of nitrogens with one attached hydrogen (secondary N) is 1. The number of piperidine rings is 1. The molecule has 2 aromatic heterocycles. The van der Waals surface area contributed by atoms with Crippen molar-refractivity contribution >= 4 is 0 Å². The van der Waals surface area contributed by atoms with E-state index in [0.717, 1.165) is 43.1 Å². The zero-order valence-electron chi connectivity index (χ0n) is 11.9. The predicted molar refractivity (Wildman–Crippen MR) is 78.2 cm³/mol. The van der Waals surface area contributed by atoms with Crippen molar-refractivity contribution in [3.05, 3.63) is 30.4 Å². The van der Waals surface area contributed by atoms with Crippen LogP contribution in [0.15, 0.2) is 24.7 Å². The summed E-state index contributed by atoms with van der Waals surface area (Å²) in [5, 5.41) is 7.76. The Morgan fingerprint density at radius 3 is 3.15 bits per heavy atom. The first-order chi connectivity index (χ1) is 9.86. The molecule has 1 aliphatic heterocycles. The molecule has 1 aliphatic rings. The molecule has 0 spiro atoms. The molecule has 0 saturated carbocycles. The number of aromatic nitrogens is 4. The quantitative estimate of drug-likeness (QED) is 0.923. The van der Waals surface area contributed by atoms with Crippen molar-refractivity contribution < 1.29 is 0 Å². The van der Waals surface area contributed by atoms with Crippen molar-refractivity contribution in [2.24, 2.45) is 5.92 Å². The number of aryl methyl sites for hydroxylation is 1. The molecule has 1 N–H and O–H groups in total. The van der Waals surface area contributed by atoms with Gasteiger partial charge in [-0.1, -0.05) is 0 Å². The monoisotopic (exact) mass is 271 g/mol. The lowest BCUT2D eigenvalue weighted by Gasteiger charge is -2.22. The molecule has 3 rings (SSSR count). The van der Waals surface area contributed by atoms with Gasteiger partial charge < -0.3 is 5.32 Å². The summed E-state index contributed by atoms with van der Waals surface area (Å²) in [4.78, 5) is 8.83. The van der Waals surface area contributed by atoms with Gasteiger partial charge in [0.1, 0.15) is 6.33 Å². The van der Waals surface area contributed by atoms with Crippen LogP contribution in [0.3, 0.4) is 0 Å². The van der Waals surface area contributed by atoms with E-state index in [1.807, 2.05) is 16.9 Å². The maximum absolute atomic E-state index is 4.43. The van der Waals surface area contributed by atoms with Crippen LogP contribution in [-0.4, -0.2) is 32.8 Å². The van der Waals surface area contributed by atoms with Crippen molar-refractivity contribution in [3.8, 4) is 11.4 Å². The second-order valence-corrected chi connectivity index (χ2v) is 5.34. The lowest BCUT2D eigenvalue weighted by atomic mass is 9.94. The van der Waals surface area contributed by atoms with Crippen LogP contribution in [0.4, 0.5) is 0 Å². The lowest BCUT2D eigenvalue weighted by molar-refractivity contribution is 0.373. The summed E-state index contributed by atoms with van der Waals surface area (Å²) >= 11 is 0. The zero-order valence-corrected chi connectivity index (χ0v) is 11.9. The molecule has 1 unspecified atom stereocenters. The van der Waals surface area contributed by atoms with Gasteiger partial charge in [-0.05, 0) is 57.3 Å². The van der Waals surface area contributed by atoms with Crippen molar-refractivity contribution in [1.29, 1.82) is 0 Å². The van der Waals surface area contributed by atoms with Gasteiger partial charge in [0.05, 0.1) is 11.4 Å². The fourth-order valence-electron chi connectivity index (χ4n) is 2.85. The molecule has 0 radical (unpaired) electrons. The van der Waals surface area contributed by atoms with Crippen LogP contribution in [-0.2, 0) is 13.0 Å². The maximum Gasteiger partial charge on any atom is 0.116 e. The molecule has 0 amide bonds. The van der Waals surface area contributed by atoms with E-state index in [0.29, 0.717) is 5.92 Å². The second kappa shape index (κ2) is 6.13. The molecule has 0 aromatic carbocycles. The maximum atomic E-state index is 4.43. The fourth-order valence-corrected chi connectivity index (χ4v) is 2.85. The number of hydrogen-bond donors (Lipinski definition) is 1. The third-order valence-corrected chi connectivity index (χ3v) is 3.90. The molecule has 1 saturated heterocycles. The van der Waals surface area contributed by atoms with Crippen molar-refractivity contribution in [1.82, 2.24) is 25.1 Å².